The highest BCUT2D eigenvalue weighted by Crippen LogP contribution is 2.26. The van der Waals surface area contributed by atoms with E-state index >= 15 is 0 Å². The van der Waals surface area contributed by atoms with Crippen molar-refractivity contribution >= 4 is 15.8 Å². The Morgan fingerprint density at radius 1 is 0.970 bits per heavy atom. The highest BCUT2D eigenvalue weighted by atomic mass is 32.2. The third-order valence-corrected chi connectivity index (χ3v) is 6.64. The molecule has 33 heavy (non-hydrogen) atoms. The molecule has 0 fully saturated rings. The molecule has 0 aliphatic carbocycles. The first kappa shape index (κ1) is 24.4. The molecule has 0 radical (unpaired) electrons. The topological polar surface area (TPSA) is 109 Å². The number of hydrogen-bond donors (Lipinski definition) is 0. The quantitative estimate of drug-likeness (QED) is 0.301. The summed E-state index contributed by atoms with van der Waals surface area (Å²) in [5, 5.41) is 6.64. The first-order valence-corrected chi connectivity index (χ1v) is 12.3. The average Bonchev–Trinajstić information content (AvgIpc) is 3.28. The van der Waals surface area contributed by atoms with Gasteiger partial charge >= 0.3 is 5.97 Å². The van der Waals surface area contributed by atoms with E-state index in [1.165, 1.54) is 17.7 Å². The van der Waals surface area contributed by atoms with E-state index in [1.54, 1.807) is 25.1 Å². The number of carbonyl (C=O) groups excluding carboxylic acids is 1. The van der Waals surface area contributed by atoms with Gasteiger partial charge in [0.05, 0.1) is 24.0 Å². The van der Waals surface area contributed by atoms with Crippen LogP contribution in [0.25, 0.3) is 0 Å². The summed E-state index contributed by atoms with van der Waals surface area (Å²) < 4.78 is 40.7. The standard InChI is InChI=1S/C24H28N2O6S/c1-17(2)16-19-10-12-20(13-11-19)18(3)24(27)31-15-7-14-30-22-23(26-32-25-22)33(28,29)21-8-5-4-6-9-21/h4-6,8-13,17-18H,7,14-16H2,1-3H3. The lowest BCUT2D eigenvalue weighted by Crippen LogP contribution is -2.15. The number of ether oxygens (including phenoxy) is 2. The van der Waals surface area contributed by atoms with Gasteiger partial charge in [0.15, 0.2) is 0 Å². The van der Waals surface area contributed by atoms with Crippen molar-refractivity contribution < 1.29 is 27.3 Å². The van der Waals surface area contributed by atoms with Crippen LogP contribution >= 0.6 is 0 Å². The van der Waals surface area contributed by atoms with Gasteiger partial charge in [-0.15, -0.1) is 0 Å². The zero-order valence-electron chi connectivity index (χ0n) is 18.9. The Balaban J connectivity index is 1.47. The molecule has 1 unspecified atom stereocenters. The molecular weight excluding hydrogens is 444 g/mol. The summed E-state index contributed by atoms with van der Waals surface area (Å²) in [7, 11) is -3.91. The predicted octanol–water partition coefficient (Wildman–Crippen LogP) is 4.22. The van der Waals surface area contributed by atoms with Gasteiger partial charge in [0, 0.05) is 6.42 Å². The highest BCUT2D eigenvalue weighted by molar-refractivity contribution is 7.91. The van der Waals surface area contributed by atoms with Crippen LogP contribution in [0.1, 0.15) is 44.2 Å². The van der Waals surface area contributed by atoms with Crippen LogP contribution in [-0.2, 0) is 25.8 Å². The molecule has 0 bridgehead atoms. The van der Waals surface area contributed by atoms with Gasteiger partial charge in [-0.1, -0.05) is 56.3 Å². The Kier molecular flexibility index (Phi) is 8.21. The Labute approximate surface area is 193 Å². The molecule has 0 N–H and O–H groups in total. The van der Waals surface area contributed by atoms with Crippen molar-refractivity contribution in [1.29, 1.82) is 0 Å². The van der Waals surface area contributed by atoms with Crippen LogP contribution in [0, 0.1) is 5.92 Å². The number of rotatable bonds is 11. The largest absolute Gasteiger partial charge is 0.473 e. The minimum Gasteiger partial charge on any atom is -0.473 e. The number of nitrogens with zero attached hydrogens (tertiary/aromatic N) is 2. The van der Waals surface area contributed by atoms with E-state index in [-0.39, 0.29) is 40.9 Å². The van der Waals surface area contributed by atoms with Crippen molar-refractivity contribution in [2.45, 2.75) is 49.5 Å². The maximum Gasteiger partial charge on any atom is 0.313 e. The third kappa shape index (κ3) is 6.41. The van der Waals surface area contributed by atoms with Crippen molar-refractivity contribution in [3.8, 4) is 5.88 Å². The predicted molar refractivity (Wildman–Crippen MR) is 121 cm³/mol. The van der Waals surface area contributed by atoms with Gasteiger partial charge in [0.2, 0.25) is 9.84 Å². The van der Waals surface area contributed by atoms with E-state index in [2.05, 4.69) is 28.8 Å². The SMILES string of the molecule is CC(C)Cc1ccc(C(C)C(=O)OCCCOc2nonc2S(=O)(=O)c2ccccc2)cc1. The minimum absolute atomic E-state index is 0.0608. The van der Waals surface area contributed by atoms with E-state index in [0.717, 1.165) is 12.0 Å². The van der Waals surface area contributed by atoms with Gasteiger partial charge < -0.3 is 9.47 Å². The van der Waals surface area contributed by atoms with Crippen LogP contribution < -0.4 is 4.74 Å². The molecule has 3 aromatic rings. The molecule has 0 saturated heterocycles. The Morgan fingerprint density at radius 2 is 1.67 bits per heavy atom. The fourth-order valence-electron chi connectivity index (χ4n) is 3.21. The monoisotopic (exact) mass is 472 g/mol. The highest BCUT2D eigenvalue weighted by Gasteiger charge is 2.28. The molecule has 0 spiro atoms. The molecule has 1 atom stereocenters. The molecule has 9 heteroatoms. The second-order valence-corrected chi connectivity index (χ2v) is 9.99. The van der Waals surface area contributed by atoms with Gasteiger partial charge in [0.1, 0.15) is 0 Å². The number of aromatic nitrogens is 2. The Hall–Kier alpha value is -3.20. The van der Waals surface area contributed by atoms with Crippen molar-refractivity contribution in [2.75, 3.05) is 13.2 Å². The zero-order valence-corrected chi connectivity index (χ0v) is 19.7. The van der Waals surface area contributed by atoms with Crippen molar-refractivity contribution in [2.24, 2.45) is 5.92 Å². The van der Waals surface area contributed by atoms with Gasteiger partial charge in [0.25, 0.3) is 10.9 Å². The summed E-state index contributed by atoms with van der Waals surface area (Å²) in [6.07, 6.45) is 1.35. The number of hydrogen-bond acceptors (Lipinski definition) is 8. The minimum atomic E-state index is -3.91. The summed E-state index contributed by atoms with van der Waals surface area (Å²) in [5.74, 6) is -0.369. The number of benzene rings is 2. The number of carbonyl (C=O) groups is 1. The Bertz CT molecular complexity index is 1140. The van der Waals surface area contributed by atoms with Crippen LogP contribution in [0.15, 0.2) is 69.1 Å². The summed E-state index contributed by atoms with van der Waals surface area (Å²) in [6, 6.07) is 15.8. The Morgan fingerprint density at radius 3 is 2.33 bits per heavy atom. The van der Waals surface area contributed by atoms with Crippen LogP contribution in [0.3, 0.4) is 0 Å². The second kappa shape index (κ2) is 11.1. The molecule has 0 saturated carbocycles. The third-order valence-electron chi connectivity index (χ3n) is 4.99. The fraction of sp³-hybridized carbons (Fsp3) is 0.375. The van der Waals surface area contributed by atoms with Crippen LogP contribution in [0.4, 0.5) is 0 Å². The van der Waals surface area contributed by atoms with Crippen molar-refractivity contribution in [3.05, 3.63) is 65.7 Å². The lowest BCUT2D eigenvalue weighted by Gasteiger charge is -2.13. The maximum absolute atomic E-state index is 12.7. The molecule has 0 aliphatic rings. The summed E-state index contributed by atoms with van der Waals surface area (Å²) in [4.78, 5) is 12.4. The van der Waals surface area contributed by atoms with Crippen molar-refractivity contribution in [1.82, 2.24) is 10.3 Å². The zero-order chi connectivity index (χ0) is 23.8. The lowest BCUT2D eigenvalue weighted by atomic mass is 9.97. The lowest BCUT2D eigenvalue weighted by molar-refractivity contribution is -0.145. The smallest absolute Gasteiger partial charge is 0.313 e. The van der Waals surface area contributed by atoms with Gasteiger partial charge in [-0.25, -0.2) is 13.0 Å². The molecule has 0 aliphatic heterocycles. The van der Waals surface area contributed by atoms with Gasteiger partial charge in [-0.2, -0.15) is 0 Å². The van der Waals surface area contributed by atoms with Crippen molar-refractivity contribution in [3.63, 3.8) is 0 Å². The molecule has 176 valence electrons. The molecule has 8 nitrogen and oxygen atoms in total. The molecule has 2 aromatic carbocycles. The van der Waals surface area contributed by atoms with E-state index in [4.69, 9.17) is 9.47 Å². The van der Waals surface area contributed by atoms with E-state index in [0.29, 0.717) is 12.3 Å². The van der Waals surface area contributed by atoms with E-state index in [9.17, 15) is 13.2 Å². The van der Waals surface area contributed by atoms with Crippen LogP contribution in [0.5, 0.6) is 5.88 Å². The van der Waals surface area contributed by atoms with Crippen LogP contribution in [-0.4, -0.2) is 37.9 Å². The first-order chi connectivity index (χ1) is 15.8. The summed E-state index contributed by atoms with van der Waals surface area (Å²) >= 11 is 0. The average molecular weight is 473 g/mol. The second-order valence-electron chi connectivity index (χ2n) is 8.12. The maximum atomic E-state index is 12.7. The van der Waals surface area contributed by atoms with Gasteiger partial charge in [-0.3, -0.25) is 4.79 Å². The van der Waals surface area contributed by atoms with E-state index in [1.807, 2.05) is 24.3 Å². The molecule has 1 heterocycles. The molecular formula is C24H28N2O6S. The molecule has 3 rings (SSSR count). The molecule has 0 amide bonds. The summed E-state index contributed by atoms with van der Waals surface area (Å²) in [6.45, 7) is 6.34. The number of esters is 1. The van der Waals surface area contributed by atoms with Gasteiger partial charge in [-0.05, 0) is 52.8 Å². The fourth-order valence-corrected chi connectivity index (χ4v) is 4.41. The molecule has 1 aromatic heterocycles. The van der Waals surface area contributed by atoms with Crippen LogP contribution in [0.2, 0.25) is 0 Å². The first-order valence-electron chi connectivity index (χ1n) is 10.8. The normalized spacial score (nSPS) is 12.5. The summed E-state index contributed by atoms with van der Waals surface area (Å²) in [5.41, 5.74) is 2.13. The number of sulfone groups is 1. The van der Waals surface area contributed by atoms with E-state index < -0.39 is 9.84 Å².